The predicted molar refractivity (Wildman–Crippen MR) is 37.1 cm³/mol. The van der Waals surface area contributed by atoms with Gasteiger partial charge in [0.2, 0.25) is 5.72 Å². The standard InChI is InChI=1S/C5H8ClNO4/c1-2(8)5(7,11)3(6)4(9)10/h3,11H,7H2,1H3,(H,9,10). The summed E-state index contributed by atoms with van der Waals surface area (Å²) in [5, 5.41) is 15.4. The van der Waals surface area contributed by atoms with E-state index < -0.39 is 22.9 Å². The van der Waals surface area contributed by atoms with Crippen molar-refractivity contribution in [2.75, 3.05) is 0 Å². The summed E-state index contributed by atoms with van der Waals surface area (Å²) in [6.45, 7) is 0.957. The van der Waals surface area contributed by atoms with Crippen LogP contribution in [0.25, 0.3) is 0 Å². The number of aliphatic hydroxyl groups is 1. The zero-order chi connectivity index (χ0) is 9.23. The maximum absolute atomic E-state index is 10.5. The van der Waals surface area contributed by atoms with Crippen LogP contribution in [0.1, 0.15) is 6.92 Å². The van der Waals surface area contributed by atoms with Crippen LogP contribution >= 0.6 is 11.6 Å². The van der Waals surface area contributed by atoms with Crippen LogP contribution < -0.4 is 5.73 Å². The van der Waals surface area contributed by atoms with Gasteiger partial charge in [0.15, 0.2) is 11.2 Å². The quantitative estimate of drug-likeness (QED) is 0.380. The van der Waals surface area contributed by atoms with Gasteiger partial charge in [0.1, 0.15) is 0 Å². The van der Waals surface area contributed by atoms with E-state index in [0.717, 1.165) is 6.92 Å². The molecule has 2 unspecified atom stereocenters. The van der Waals surface area contributed by atoms with Gasteiger partial charge in [-0.15, -0.1) is 11.6 Å². The molecule has 0 radical (unpaired) electrons. The first kappa shape index (κ1) is 10.3. The molecular formula is C5H8ClNO4. The van der Waals surface area contributed by atoms with E-state index in [0.29, 0.717) is 0 Å². The monoisotopic (exact) mass is 181 g/mol. The van der Waals surface area contributed by atoms with Crippen molar-refractivity contribution in [3.8, 4) is 0 Å². The summed E-state index contributed by atoms with van der Waals surface area (Å²) < 4.78 is 0. The average Bonchev–Trinajstić information content (AvgIpc) is 1.85. The molecule has 0 heterocycles. The third-order valence-corrected chi connectivity index (χ3v) is 1.69. The lowest BCUT2D eigenvalue weighted by Crippen LogP contribution is -2.57. The lowest BCUT2D eigenvalue weighted by molar-refractivity contribution is -0.148. The van der Waals surface area contributed by atoms with Crippen LogP contribution in [0.15, 0.2) is 0 Å². The Morgan fingerprint density at radius 1 is 1.64 bits per heavy atom. The molecule has 0 saturated heterocycles. The Kier molecular flexibility index (Phi) is 2.98. The van der Waals surface area contributed by atoms with E-state index in [-0.39, 0.29) is 0 Å². The number of ketones is 1. The number of carbonyl (C=O) groups is 2. The molecule has 0 fully saturated rings. The summed E-state index contributed by atoms with van der Waals surface area (Å²) in [4.78, 5) is 20.6. The van der Waals surface area contributed by atoms with E-state index in [9.17, 15) is 9.59 Å². The molecule has 0 aromatic carbocycles. The minimum atomic E-state index is -2.49. The van der Waals surface area contributed by atoms with Crippen molar-refractivity contribution in [1.82, 2.24) is 0 Å². The van der Waals surface area contributed by atoms with Gasteiger partial charge in [0.05, 0.1) is 0 Å². The highest BCUT2D eigenvalue weighted by Crippen LogP contribution is 2.11. The normalized spacial score (nSPS) is 18.5. The first-order valence-electron chi connectivity index (χ1n) is 2.69. The number of aliphatic carboxylic acids is 1. The molecule has 2 atom stereocenters. The largest absolute Gasteiger partial charge is 0.480 e. The minimum absolute atomic E-state index is 0.889. The van der Waals surface area contributed by atoms with Crippen molar-refractivity contribution in [1.29, 1.82) is 0 Å². The number of Topliss-reactive ketones (excluding diaryl/α,β-unsaturated/α-hetero) is 1. The number of carboxylic acids is 1. The van der Waals surface area contributed by atoms with Gasteiger partial charge >= 0.3 is 5.97 Å². The summed E-state index contributed by atoms with van der Waals surface area (Å²) in [6.07, 6.45) is 0. The van der Waals surface area contributed by atoms with Crippen LogP contribution in [0.5, 0.6) is 0 Å². The Hall–Kier alpha value is -0.650. The number of carboxylic acid groups (broad SMARTS) is 1. The van der Waals surface area contributed by atoms with Crippen molar-refractivity contribution in [2.24, 2.45) is 5.73 Å². The SMILES string of the molecule is CC(=O)C(N)(O)C(Cl)C(=O)O. The predicted octanol–water partition coefficient (Wildman–Crippen LogP) is -1.09. The molecular weight excluding hydrogens is 174 g/mol. The van der Waals surface area contributed by atoms with Crippen LogP contribution in [-0.4, -0.2) is 33.1 Å². The van der Waals surface area contributed by atoms with Crippen molar-refractivity contribution >= 4 is 23.4 Å². The van der Waals surface area contributed by atoms with Crippen LogP contribution in [-0.2, 0) is 9.59 Å². The van der Waals surface area contributed by atoms with E-state index in [1.807, 2.05) is 0 Å². The fraction of sp³-hybridized carbons (Fsp3) is 0.600. The Morgan fingerprint density at radius 3 is 2.09 bits per heavy atom. The fourth-order valence-electron chi connectivity index (χ4n) is 0.367. The molecule has 0 rings (SSSR count). The number of carbonyl (C=O) groups excluding carboxylic acids is 1. The van der Waals surface area contributed by atoms with Crippen LogP contribution in [0, 0.1) is 0 Å². The summed E-state index contributed by atoms with van der Waals surface area (Å²) in [5.74, 6) is -2.42. The second-order valence-corrected chi connectivity index (χ2v) is 2.52. The maximum atomic E-state index is 10.5. The number of rotatable bonds is 3. The highest BCUT2D eigenvalue weighted by atomic mass is 35.5. The zero-order valence-electron chi connectivity index (χ0n) is 5.74. The highest BCUT2D eigenvalue weighted by Gasteiger charge is 2.41. The molecule has 0 amide bonds. The second-order valence-electron chi connectivity index (χ2n) is 2.08. The molecule has 4 N–H and O–H groups in total. The molecule has 11 heavy (non-hydrogen) atoms. The van der Waals surface area contributed by atoms with Gasteiger partial charge in [-0.25, -0.2) is 0 Å². The Bertz CT molecular complexity index is 191. The summed E-state index contributed by atoms with van der Waals surface area (Å²) in [6, 6.07) is 0. The summed E-state index contributed by atoms with van der Waals surface area (Å²) in [5.41, 5.74) is 2.40. The first-order valence-corrected chi connectivity index (χ1v) is 3.13. The number of nitrogens with two attached hydrogens (primary N) is 1. The number of alkyl halides is 1. The van der Waals surface area contributed by atoms with Gasteiger partial charge < -0.3 is 10.2 Å². The van der Waals surface area contributed by atoms with Gasteiger partial charge in [-0.2, -0.15) is 0 Å². The van der Waals surface area contributed by atoms with Gasteiger partial charge in [0.25, 0.3) is 0 Å². The van der Waals surface area contributed by atoms with E-state index in [1.54, 1.807) is 0 Å². The Balaban J connectivity index is 4.55. The van der Waals surface area contributed by atoms with Crippen molar-refractivity contribution in [3.63, 3.8) is 0 Å². The molecule has 5 nitrogen and oxygen atoms in total. The number of hydrogen-bond donors (Lipinski definition) is 3. The molecule has 0 aromatic rings. The summed E-state index contributed by atoms with van der Waals surface area (Å²) >= 11 is 5.11. The Morgan fingerprint density at radius 2 is 2.00 bits per heavy atom. The highest BCUT2D eigenvalue weighted by molar-refractivity contribution is 6.32. The topological polar surface area (TPSA) is 101 Å². The lowest BCUT2D eigenvalue weighted by Gasteiger charge is -2.21. The van der Waals surface area contributed by atoms with E-state index >= 15 is 0 Å². The lowest BCUT2D eigenvalue weighted by atomic mass is 10.1. The van der Waals surface area contributed by atoms with Crippen molar-refractivity contribution in [3.05, 3.63) is 0 Å². The molecule has 0 aliphatic carbocycles. The van der Waals surface area contributed by atoms with E-state index in [2.05, 4.69) is 0 Å². The van der Waals surface area contributed by atoms with Gasteiger partial charge in [-0.3, -0.25) is 15.3 Å². The zero-order valence-corrected chi connectivity index (χ0v) is 6.50. The molecule has 0 aromatic heterocycles. The van der Waals surface area contributed by atoms with Crippen LogP contribution in [0.2, 0.25) is 0 Å². The molecule has 0 spiro atoms. The Labute approximate surface area is 67.8 Å². The van der Waals surface area contributed by atoms with Gasteiger partial charge in [0, 0.05) is 0 Å². The second kappa shape index (κ2) is 3.17. The minimum Gasteiger partial charge on any atom is -0.480 e. The number of halogens is 1. The maximum Gasteiger partial charge on any atom is 0.326 e. The average molecular weight is 182 g/mol. The molecule has 6 heteroatoms. The van der Waals surface area contributed by atoms with Gasteiger partial charge in [-0.1, -0.05) is 0 Å². The molecule has 0 saturated carbocycles. The smallest absolute Gasteiger partial charge is 0.326 e. The van der Waals surface area contributed by atoms with Crippen molar-refractivity contribution in [2.45, 2.75) is 18.0 Å². The fourth-order valence-corrected chi connectivity index (χ4v) is 0.520. The summed E-state index contributed by atoms with van der Waals surface area (Å²) in [7, 11) is 0. The third-order valence-electron chi connectivity index (χ3n) is 1.17. The molecule has 0 aliphatic rings. The third kappa shape index (κ3) is 2.14. The molecule has 0 bridgehead atoms. The first-order chi connectivity index (χ1) is 4.80. The van der Waals surface area contributed by atoms with E-state index in [4.69, 9.17) is 27.5 Å². The number of hydrogen-bond acceptors (Lipinski definition) is 4. The van der Waals surface area contributed by atoms with Crippen molar-refractivity contribution < 1.29 is 19.8 Å². The molecule has 0 aliphatic heterocycles. The van der Waals surface area contributed by atoms with Gasteiger partial charge in [-0.05, 0) is 6.92 Å². The molecule has 64 valence electrons. The van der Waals surface area contributed by atoms with Crippen LogP contribution in [0.3, 0.4) is 0 Å². The van der Waals surface area contributed by atoms with E-state index in [1.165, 1.54) is 0 Å². The van der Waals surface area contributed by atoms with Crippen LogP contribution in [0.4, 0.5) is 0 Å².